The van der Waals surface area contributed by atoms with Crippen molar-refractivity contribution >= 4 is 22.6 Å². The van der Waals surface area contributed by atoms with Gasteiger partial charge in [-0.2, -0.15) is 0 Å². The maximum atomic E-state index is 11.8. The molecule has 0 heterocycles. The second kappa shape index (κ2) is 7.43. The summed E-state index contributed by atoms with van der Waals surface area (Å²) in [4.78, 5) is 23.2. The summed E-state index contributed by atoms with van der Waals surface area (Å²) in [5.74, 6) is -0.652. The molecule has 0 radical (unpaired) electrons. The first-order valence-corrected chi connectivity index (χ1v) is 7.09. The molecule has 2 aromatic carbocycles. The van der Waals surface area contributed by atoms with E-state index in [2.05, 4.69) is 5.32 Å². The fourth-order valence-corrected chi connectivity index (χ4v) is 2.11. The van der Waals surface area contributed by atoms with Crippen molar-refractivity contribution < 1.29 is 14.3 Å². The van der Waals surface area contributed by atoms with E-state index in [1.165, 1.54) is 0 Å². The van der Waals surface area contributed by atoms with Crippen LogP contribution in [0.15, 0.2) is 42.5 Å². The maximum Gasteiger partial charge on any atom is 0.310 e. The molecule has 0 atom stereocenters. The topological polar surface area (TPSA) is 55.4 Å². The number of benzene rings is 2. The van der Waals surface area contributed by atoms with E-state index in [1.807, 2.05) is 49.4 Å². The molecule has 0 saturated heterocycles. The highest BCUT2D eigenvalue weighted by atomic mass is 16.5. The second-order valence-corrected chi connectivity index (χ2v) is 4.83. The zero-order chi connectivity index (χ0) is 15.1. The van der Waals surface area contributed by atoms with Gasteiger partial charge in [-0.25, -0.2) is 0 Å². The van der Waals surface area contributed by atoms with Crippen LogP contribution < -0.4 is 5.32 Å². The Morgan fingerprint density at radius 3 is 2.67 bits per heavy atom. The highest BCUT2D eigenvalue weighted by molar-refractivity contribution is 5.89. The summed E-state index contributed by atoms with van der Waals surface area (Å²) in [6.07, 6.45) is 1.03. The molecule has 0 aliphatic rings. The predicted octanol–water partition coefficient (Wildman–Crippen LogP) is 2.45. The van der Waals surface area contributed by atoms with E-state index in [0.29, 0.717) is 6.54 Å². The van der Waals surface area contributed by atoms with Gasteiger partial charge in [0.05, 0.1) is 6.42 Å². The first-order chi connectivity index (χ1) is 10.2. The molecule has 2 aromatic rings. The van der Waals surface area contributed by atoms with Gasteiger partial charge >= 0.3 is 5.97 Å². The number of carbonyl (C=O) groups excluding carboxylic acids is 2. The SMILES string of the molecule is CCCNC(=O)COC(=O)Cc1cccc2ccccc12. The van der Waals surface area contributed by atoms with Crippen LogP contribution in [0.3, 0.4) is 0 Å². The fraction of sp³-hybridized carbons (Fsp3) is 0.294. The Hall–Kier alpha value is -2.36. The maximum absolute atomic E-state index is 11.8. The number of hydrogen-bond donors (Lipinski definition) is 1. The van der Waals surface area contributed by atoms with Gasteiger partial charge in [-0.3, -0.25) is 9.59 Å². The first kappa shape index (κ1) is 15.0. The fourth-order valence-electron chi connectivity index (χ4n) is 2.11. The first-order valence-electron chi connectivity index (χ1n) is 7.09. The molecule has 0 bridgehead atoms. The Balaban J connectivity index is 1.94. The summed E-state index contributed by atoms with van der Waals surface area (Å²) < 4.78 is 5.00. The zero-order valence-corrected chi connectivity index (χ0v) is 12.1. The van der Waals surface area contributed by atoms with E-state index in [-0.39, 0.29) is 18.9 Å². The van der Waals surface area contributed by atoms with E-state index < -0.39 is 5.97 Å². The average Bonchev–Trinajstić information content (AvgIpc) is 2.51. The lowest BCUT2D eigenvalue weighted by atomic mass is 10.0. The summed E-state index contributed by atoms with van der Waals surface area (Å²) in [6, 6.07) is 13.7. The number of esters is 1. The van der Waals surface area contributed by atoms with Crippen LogP contribution in [0.5, 0.6) is 0 Å². The quantitative estimate of drug-likeness (QED) is 0.829. The minimum absolute atomic E-state index is 0.169. The predicted molar refractivity (Wildman–Crippen MR) is 81.9 cm³/mol. The molecule has 0 aliphatic carbocycles. The van der Waals surface area contributed by atoms with Crippen LogP contribution >= 0.6 is 0 Å². The van der Waals surface area contributed by atoms with Crippen LogP contribution in [0.4, 0.5) is 0 Å². The minimum atomic E-state index is -0.391. The van der Waals surface area contributed by atoms with Gasteiger partial charge in [0, 0.05) is 6.54 Å². The molecular weight excluding hydrogens is 266 g/mol. The highest BCUT2D eigenvalue weighted by Gasteiger charge is 2.10. The molecule has 0 aliphatic heterocycles. The van der Waals surface area contributed by atoms with Crippen molar-refractivity contribution in [2.45, 2.75) is 19.8 Å². The number of hydrogen-bond acceptors (Lipinski definition) is 3. The van der Waals surface area contributed by atoms with Crippen molar-refractivity contribution in [3.8, 4) is 0 Å². The van der Waals surface area contributed by atoms with Crippen LogP contribution in [-0.4, -0.2) is 25.0 Å². The van der Waals surface area contributed by atoms with Crippen molar-refractivity contribution in [1.82, 2.24) is 5.32 Å². The lowest BCUT2D eigenvalue weighted by molar-refractivity contribution is -0.147. The number of nitrogens with one attached hydrogen (secondary N) is 1. The second-order valence-electron chi connectivity index (χ2n) is 4.83. The van der Waals surface area contributed by atoms with Crippen LogP contribution in [0.25, 0.3) is 10.8 Å². The molecule has 0 fully saturated rings. The molecule has 2 rings (SSSR count). The molecule has 1 N–H and O–H groups in total. The smallest absolute Gasteiger partial charge is 0.310 e. The van der Waals surface area contributed by atoms with Crippen molar-refractivity contribution in [1.29, 1.82) is 0 Å². The Kier molecular flexibility index (Phi) is 5.32. The lowest BCUT2D eigenvalue weighted by Crippen LogP contribution is -2.29. The largest absolute Gasteiger partial charge is 0.455 e. The van der Waals surface area contributed by atoms with Crippen molar-refractivity contribution in [2.75, 3.05) is 13.2 Å². The Labute approximate surface area is 124 Å². The van der Waals surface area contributed by atoms with Gasteiger partial charge in [-0.1, -0.05) is 49.4 Å². The highest BCUT2D eigenvalue weighted by Crippen LogP contribution is 2.19. The van der Waals surface area contributed by atoms with E-state index >= 15 is 0 Å². The Bertz CT molecular complexity index is 631. The van der Waals surface area contributed by atoms with E-state index in [4.69, 9.17) is 4.74 Å². The molecule has 0 aromatic heterocycles. The van der Waals surface area contributed by atoms with Crippen molar-refractivity contribution in [3.05, 3.63) is 48.0 Å². The Morgan fingerprint density at radius 1 is 1.10 bits per heavy atom. The van der Waals surface area contributed by atoms with Crippen molar-refractivity contribution in [3.63, 3.8) is 0 Å². The average molecular weight is 285 g/mol. The standard InChI is InChI=1S/C17H19NO3/c1-2-10-18-16(19)12-21-17(20)11-14-8-5-7-13-6-3-4-9-15(13)14/h3-9H,2,10-12H2,1H3,(H,18,19). The number of carbonyl (C=O) groups is 2. The molecule has 4 nitrogen and oxygen atoms in total. The van der Waals surface area contributed by atoms with Gasteiger partial charge in [0.1, 0.15) is 0 Å². The van der Waals surface area contributed by atoms with Crippen LogP contribution in [0.2, 0.25) is 0 Å². The van der Waals surface area contributed by atoms with E-state index in [1.54, 1.807) is 0 Å². The number of fused-ring (bicyclic) bond motifs is 1. The lowest BCUT2D eigenvalue weighted by Gasteiger charge is -2.07. The van der Waals surface area contributed by atoms with Gasteiger partial charge in [-0.15, -0.1) is 0 Å². The summed E-state index contributed by atoms with van der Waals surface area (Å²) in [7, 11) is 0. The third-order valence-electron chi connectivity index (χ3n) is 3.15. The van der Waals surface area contributed by atoms with Crippen LogP contribution in [0.1, 0.15) is 18.9 Å². The van der Waals surface area contributed by atoms with Gasteiger partial charge in [0.15, 0.2) is 6.61 Å². The molecule has 0 saturated carbocycles. The molecule has 110 valence electrons. The molecule has 0 unspecified atom stereocenters. The summed E-state index contributed by atoms with van der Waals surface area (Å²) >= 11 is 0. The van der Waals surface area contributed by atoms with E-state index in [0.717, 1.165) is 22.8 Å². The van der Waals surface area contributed by atoms with Gasteiger partial charge in [0.25, 0.3) is 5.91 Å². The molecule has 1 amide bonds. The van der Waals surface area contributed by atoms with E-state index in [9.17, 15) is 9.59 Å². The summed E-state index contributed by atoms with van der Waals surface area (Å²) in [5.41, 5.74) is 0.909. The third kappa shape index (κ3) is 4.31. The molecule has 0 spiro atoms. The monoisotopic (exact) mass is 285 g/mol. The molecule has 21 heavy (non-hydrogen) atoms. The summed E-state index contributed by atoms with van der Waals surface area (Å²) in [6.45, 7) is 2.34. The number of amides is 1. The number of ether oxygens (including phenoxy) is 1. The van der Waals surface area contributed by atoms with Crippen LogP contribution in [-0.2, 0) is 20.7 Å². The Morgan fingerprint density at radius 2 is 1.86 bits per heavy atom. The van der Waals surface area contributed by atoms with Gasteiger partial charge in [0.2, 0.25) is 0 Å². The van der Waals surface area contributed by atoms with Crippen LogP contribution in [0, 0.1) is 0 Å². The zero-order valence-electron chi connectivity index (χ0n) is 12.1. The summed E-state index contributed by atoms with van der Waals surface area (Å²) in [5, 5.41) is 4.79. The molecule has 4 heteroatoms. The van der Waals surface area contributed by atoms with Crippen molar-refractivity contribution in [2.24, 2.45) is 0 Å². The molecular formula is C17H19NO3. The van der Waals surface area contributed by atoms with Gasteiger partial charge < -0.3 is 10.1 Å². The third-order valence-corrected chi connectivity index (χ3v) is 3.15. The van der Waals surface area contributed by atoms with Gasteiger partial charge in [-0.05, 0) is 22.8 Å². The minimum Gasteiger partial charge on any atom is -0.455 e. The number of rotatable bonds is 6. The normalized spacial score (nSPS) is 10.3.